The van der Waals surface area contributed by atoms with Crippen molar-refractivity contribution < 1.29 is 0 Å². The van der Waals surface area contributed by atoms with E-state index in [0.717, 1.165) is 16.7 Å². The fourth-order valence-electron chi connectivity index (χ4n) is 1.87. The Morgan fingerprint density at radius 1 is 1.28 bits per heavy atom. The number of aromatic nitrogens is 4. The summed E-state index contributed by atoms with van der Waals surface area (Å²) in [5.41, 5.74) is 8.46. The Balaban J connectivity index is 2.09. The van der Waals surface area contributed by atoms with E-state index in [9.17, 15) is 0 Å². The highest BCUT2D eigenvalue weighted by Gasteiger charge is 2.09. The zero-order valence-corrected chi connectivity index (χ0v) is 10.2. The van der Waals surface area contributed by atoms with Crippen molar-refractivity contribution in [3.05, 3.63) is 47.2 Å². The second-order valence-electron chi connectivity index (χ2n) is 3.90. The third-order valence-electron chi connectivity index (χ3n) is 2.69. The number of nitrogens with zero attached hydrogens (tertiary/aromatic N) is 4. The largest absolute Gasteiger partial charge is 0.369 e. The van der Waals surface area contributed by atoms with Crippen LogP contribution in [0.1, 0.15) is 5.69 Å². The summed E-state index contributed by atoms with van der Waals surface area (Å²) in [5.74, 6) is 0.443. The van der Waals surface area contributed by atoms with E-state index in [4.69, 9.17) is 17.3 Å². The number of nitrogens with two attached hydrogens (primary N) is 1. The first-order valence-corrected chi connectivity index (χ1v) is 5.80. The van der Waals surface area contributed by atoms with E-state index in [1.165, 1.54) is 0 Å². The Labute approximate surface area is 108 Å². The number of benzene rings is 1. The van der Waals surface area contributed by atoms with Gasteiger partial charge in [0.1, 0.15) is 0 Å². The maximum absolute atomic E-state index is 5.93. The predicted molar refractivity (Wildman–Crippen MR) is 70.3 cm³/mol. The number of imidazole rings is 1. The van der Waals surface area contributed by atoms with Crippen molar-refractivity contribution in [3.8, 4) is 0 Å². The second-order valence-corrected chi connectivity index (χ2v) is 4.34. The number of nitrogen functional groups attached to an aromatic ring is 1. The molecule has 0 fully saturated rings. The molecule has 6 heteroatoms. The van der Waals surface area contributed by atoms with E-state index < -0.39 is 0 Å². The Kier molecular flexibility index (Phi) is 2.60. The summed E-state index contributed by atoms with van der Waals surface area (Å²) in [6.07, 6.45) is 1.64. The van der Waals surface area contributed by atoms with Crippen molar-refractivity contribution in [1.82, 2.24) is 19.7 Å². The van der Waals surface area contributed by atoms with Gasteiger partial charge in [-0.1, -0.05) is 11.6 Å². The molecular weight excluding hydrogens is 250 g/mol. The molecule has 0 atom stereocenters. The van der Waals surface area contributed by atoms with E-state index in [1.54, 1.807) is 12.3 Å². The second kappa shape index (κ2) is 4.27. The van der Waals surface area contributed by atoms with Crippen molar-refractivity contribution in [2.45, 2.75) is 6.54 Å². The normalized spacial score (nSPS) is 10.9. The van der Waals surface area contributed by atoms with Gasteiger partial charge in [0, 0.05) is 11.2 Å². The molecule has 0 amide bonds. The van der Waals surface area contributed by atoms with Crippen molar-refractivity contribution in [3.63, 3.8) is 0 Å². The summed E-state index contributed by atoms with van der Waals surface area (Å²) in [5, 5.41) is 8.53. The minimum absolute atomic E-state index is 0.443. The van der Waals surface area contributed by atoms with Gasteiger partial charge in [-0.3, -0.25) is 0 Å². The van der Waals surface area contributed by atoms with Crippen molar-refractivity contribution >= 4 is 28.6 Å². The molecule has 0 aliphatic rings. The summed E-state index contributed by atoms with van der Waals surface area (Å²) < 4.78 is 1.88. The highest BCUT2D eigenvalue weighted by atomic mass is 35.5. The maximum atomic E-state index is 5.93. The van der Waals surface area contributed by atoms with Gasteiger partial charge in [0.2, 0.25) is 5.95 Å². The molecule has 0 saturated heterocycles. The molecule has 3 rings (SSSR count). The Hall–Kier alpha value is -2.14. The number of halogens is 1. The van der Waals surface area contributed by atoms with E-state index in [-0.39, 0.29) is 0 Å². The summed E-state index contributed by atoms with van der Waals surface area (Å²) >= 11 is 5.93. The lowest BCUT2D eigenvalue weighted by Gasteiger charge is -2.04. The predicted octanol–water partition coefficient (Wildman–Crippen LogP) is 2.11. The molecule has 0 aliphatic heterocycles. The molecule has 2 N–H and O–H groups in total. The van der Waals surface area contributed by atoms with Crippen molar-refractivity contribution in [1.29, 1.82) is 0 Å². The molecule has 2 heterocycles. The summed E-state index contributed by atoms with van der Waals surface area (Å²) in [6.45, 7) is 0.539. The fourth-order valence-corrected chi connectivity index (χ4v) is 2.03. The first-order valence-electron chi connectivity index (χ1n) is 5.42. The van der Waals surface area contributed by atoms with Gasteiger partial charge in [-0.25, -0.2) is 4.98 Å². The first-order chi connectivity index (χ1) is 8.74. The van der Waals surface area contributed by atoms with Crippen LogP contribution in [0.4, 0.5) is 5.95 Å². The molecule has 90 valence electrons. The van der Waals surface area contributed by atoms with Gasteiger partial charge >= 0.3 is 0 Å². The van der Waals surface area contributed by atoms with Gasteiger partial charge in [0.05, 0.1) is 23.3 Å². The van der Waals surface area contributed by atoms with Gasteiger partial charge in [0.25, 0.3) is 0 Å². The lowest BCUT2D eigenvalue weighted by molar-refractivity contribution is 0.782. The van der Waals surface area contributed by atoms with Gasteiger partial charge in [-0.2, -0.15) is 10.2 Å². The summed E-state index contributed by atoms with van der Waals surface area (Å²) in [6, 6.07) is 9.25. The molecule has 0 radical (unpaired) electrons. The number of hydrogen-bond donors (Lipinski definition) is 1. The zero-order valence-electron chi connectivity index (χ0n) is 9.42. The summed E-state index contributed by atoms with van der Waals surface area (Å²) in [7, 11) is 0. The molecule has 0 bridgehead atoms. The van der Waals surface area contributed by atoms with E-state index in [0.29, 0.717) is 17.5 Å². The third kappa shape index (κ3) is 1.89. The SMILES string of the molecule is Nc1nc2cc(Cl)ccc2n1Cc1cccnn1. The van der Waals surface area contributed by atoms with E-state index in [2.05, 4.69) is 15.2 Å². The summed E-state index contributed by atoms with van der Waals surface area (Å²) in [4.78, 5) is 4.28. The smallest absolute Gasteiger partial charge is 0.201 e. The van der Waals surface area contributed by atoms with Crippen LogP contribution in [0.3, 0.4) is 0 Å². The monoisotopic (exact) mass is 259 g/mol. The van der Waals surface area contributed by atoms with Gasteiger partial charge in [-0.05, 0) is 30.3 Å². The maximum Gasteiger partial charge on any atom is 0.201 e. The van der Waals surface area contributed by atoms with Gasteiger partial charge in [-0.15, -0.1) is 0 Å². The van der Waals surface area contributed by atoms with Crippen LogP contribution < -0.4 is 5.73 Å². The van der Waals surface area contributed by atoms with Crippen LogP contribution in [-0.2, 0) is 6.54 Å². The molecule has 1 aromatic carbocycles. The molecule has 0 unspecified atom stereocenters. The van der Waals surface area contributed by atoms with Crippen LogP contribution in [0, 0.1) is 0 Å². The fraction of sp³-hybridized carbons (Fsp3) is 0.0833. The molecule has 5 nitrogen and oxygen atoms in total. The quantitative estimate of drug-likeness (QED) is 0.765. The number of hydrogen-bond acceptors (Lipinski definition) is 4. The zero-order chi connectivity index (χ0) is 12.5. The number of rotatable bonds is 2. The average Bonchev–Trinajstić information content (AvgIpc) is 2.66. The molecule has 2 aromatic heterocycles. The minimum atomic E-state index is 0.443. The molecule has 0 aliphatic carbocycles. The van der Waals surface area contributed by atoms with Crippen LogP contribution in [0.15, 0.2) is 36.5 Å². The standard InChI is InChI=1S/C12H10ClN5/c13-8-3-4-11-10(6-8)16-12(14)18(11)7-9-2-1-5-15-17-9/h1-6H,7H2,(H2,14,16). The van der Waals surface area contributed by atoms with Crippen LogP contribution in [0.25, 0.3) is 11.0 Å². The topological polar surface area (TPSA) is 69.6 Å². The Morgan fingerprint density at radius 2 is 2.17 bits per heavy atom. The van der Waals surface area contributed by atoms with Crippen LogP contribution in [-0.4, -0.2) is 19.7 Å². The van der Waals surface area contributed by atoms with Gasteiger partial charge < -0.3 is 10.3 Å². The third-order valence-corrected chi connectivity index (χ3v) is 2.92. The lowest BCUT2D eigenvalue weighted by atomic mass is 10.3. The molecule has 0 spiro atoms. The lowest BCUT2D eigenvalue weighted by Crippen LogP contribution is -2.06. The number of fused-ring (bicyclic) bond motifs is 1. The van der Waals surface area contributed by atoms with Crippen LogP contribution in [0.2, 0.25) is 5.02 Å². The Bertz CT molecular complexity index is 692. The Morgan fingerprint density at radius 3 is 2.94 bits per heavy atom. The average molecular weight is 260 g/mol. The highest BCUT2D eigenvalue weighted by Crippen LogP contribution is 2.22. The van der Waals surface area contributed by atoms with E-state index in [1.807, 2.05) is 28.8 Å². The van der Waals surface area contributed by atoms with Crippen molar-refractivity contribution in [2.24, 2.45) is 0 Å². The molecule has 3 aromatic rings. The van der Waals surface area contributed by atoms with E-state index >= 15 is 0 Å². The molecule has 0 saturated carbocycles. The van der Waals surface area contributed by atoms with Crippen molar-refractivity contribution in [2.75, 3.05) is 5.73 Å². The van der Waals surface area contributed by atoms with Crippen LogP contribution in [0.5, 0.6) is 0 Å². The molecular formula is C12H10ClN5. The minimum Gasteiger partial charge on any atom is -0.369 e. The highest BCUT2D eigenvalue weighted by molar-refractivity contribution is 6.31. The molecule has 18 heavy (non-hydrogen) atoms. The number of anilines is 1. The van der Waals surface area contributed by atoms with Crippen LogP contribution >= 0.6 is 11.6 Å². The first kappa shape index (κ1) is 11.0. The van der Waals surface area contributed by atoms with Gasteiger partial charge in [0.15, 0.2) is 0 Å².